The Morgan fingerprint density at radius 1 is 1.67 bits per heavy atom. The third-order valence-electron chi connectivity index (χ3n) is 2.60. The topological polar surface area (TPSA) is 51.4 Å². The van der Waals surface area contributed by atoms with E-state index in [1.54, 1.807) is 11.3 Å². The molecule has 15 heavy (non-hydrogen) atoms. The van der Waals surface area contributed by atoms with E-state index < -0.39 is 0 Å². The highest BCUT2D eigenvalue weighted by atomic mass is 32.1. The first-order valence-corrected chi connectivity index (χ1v) is 6.11. The summed E-state index contributed by atoms with van der Waals surface area (Å²) >= 11 is 1.67. The number of ether oxygens (including phenoxy) is 1. The van der Waals surface area contributed by atoms with Crippen molar-refractivity contribution in [2.75, 3.05) is 18.1 Å². The number of nitrogens with zero attached hydrogens (tertiary/aromatic N) is 2. The van der Waals surface area contributed by atoms with E-state index >= 15 is 0 Å². The van der Waals surface area contributed by atoms with Crippen LogP contribution in [0.25, 0.3) is 0 Å². The predicted molar refractivity (Wildman–Crippen MR) is 62.2 cm³/mol. The molecule has 2 heterocycles. The molecule has 0 radical (unpaired) electrons. The van der Waals surface area contributed by atoms with Crippen molar-refractivity contribution in [1.82, 2.24) is 4.98 Å². The normalized spacial score (nSPS) is 27.0. The van der Waals surface area contributed by atoms with Crippen molar-refractivity contribution < 1.29 is 4.74 Å². The zero-order valence-electron chi connectivity index (χ0n) is 9.14. The zero-order valence-corrected chi connectivity index (χ0v) is 9.96. The maximum absolute atomic E-state index is 5.59. The molecule has 2 N–H and O–H groups in total. The van der Waals surface area contributed by atoms with Crippen LogP contribution in [0.5, 0.6) is 0 Å². The second-order valence-electron chi connectivity index (χ2n) is 3.97. The van der Waals surface area contributed by atoms with Gasteiger partial charge in [-0.1, -0.05) is 0 Å². The van der Waals surface area contributed by atoms with E-state index in [9.17, 15) is 0 Å². The lowest BCUT2D eigenvalue weighted by Gasteiger charge is -2.36. The van der Waals surface area contributed by atoms with E-state index in [0.29, 0.717) is 12.6 Å². The van der Waals surface area contributed by atoms with Gasteiger partial charge in [-0.3, -0.25) is 0 Å². The minimum absolute atomic E-state index is 0.284. The molecule has 84 valence electrons. The van der Waals surface area contributed by atoms with Crippen molar-refractivity contribution in [1.29, 1.82) is 0 Å². The Kier molecular flexibility index (Phi) is 3.23. The number of hydrogen-bond donors (Lipinski definition) is 1. The molecule has 1 saturated heterocycles. The molecule has 1 aromatic rings. The lowest BCUT2D eigenvalue weighted by molar-refractivity contribution is 0.0343. The summed E-state index contributed by atoms with van der Waals surface area (Å²) in [6, 6.07) is 0.401. The van der Waals surface area contributed by atoms with Gasteiger partial charge < -0.3 is 15.4 Å². The quantitative estimate of drug-likeness (QED) is 0.825. The van der Waals surface area contributed by atoms with Gasteiger partial charge in [0.15, 0.2) is 5.13 Å². The van der Waals surface area contributed by atoms with E-state index in [1.807, 2.05) is 5.38 Å². The fraction of sp³-hybridized carbons (Fsp3) is 0.700. The van der Waals surface area contributed by atoms with Gasteiger partial charge >= 0.3 is 0 Å². The van der Waals surface area contributed by atoms with Crippen LogP contribution in [-0.2, 0) is 11.3 Å². The fourth-order valence-corrected chi connectivity index (χ4v) is 2.64. The summed E-state index contributed by atoms with van der Waals surface area (Å²) in [5.74, 6) is 0. The van der Waals surface area contributed by atoms with Crippen LogP contribution in [-0.4, -0.2) is 30.3 Å². The average Bonchev–Trinajstić information content (AvgIpc) is 2.70. The van der Waals surface area contributed by atoms with Crippen molar-refractivity contribution in [3.05, 3.63) is 11.1 Å². The number of hydrogen-bond acceptors (Lipinski definition) is 5. The molecule has 0 aromatic carbocycles. The SMILES string of the molecule is CC1CN(c2nc(CN)cs2)C(C)CO1. The maximum atomic E-state index is 5.59. The second kappa shape index (κ2) is 4.47. The highest BCUT2D eigenvalue weighted by Gasteiger charge is 2.25. The molecule has 0 spiro atoms. The highest BCUT2D eigenvalue weighted by molar-refractivity contribution is 7.13. The molecular weight excluding hydrogens is 210 g/mol. The lowest BCUT2D eigenvalue weighted by atomic mass is 10.2. The Hall–Kier alpha value is -0.650. The van der Waals surface area contributed by atoms with Gasteiger partial charge in [-0.25, -0.2) is 4.98 Å². The molecule has 2 rings (SSSR count). The molecule has 0 aliphatic carbocycles. The molecule has 1 aliphatic rings. The van der Waals surface area contributed by atoms with Crippen LogP contribution in [0, 0.1) is 0 Å². The summed E-state index contributed by atoms with van der Waals surface area (Å²) in [6.45, 7) is 6.47. The molecule has 0 saturated carbocycles. The van der Waals surface area contributed by atoms with Crippen molar-refractivity contribution in [2.45, 2.75) is 32.5 Å². The number of thiazole rings is 1. The van der Waals surface area contributed by atoms with Crippen LogP contribution >= 0.6 is 11.3 Å². The van der Waals surface area contributed by atoms with Crippen LogP contribution in [0.3, 0.4) is 0 Å². The van der Waals surface area contributed by atoms with Gasteiger partial charge in [0.05, 0.1) is 24.4 Å². The number of aromatic nitrogens is 1. The van der Waals surface area contributed by atoms with Crippen molar-refractivity contribution in [2.24, 2.45) is 5.73 Å². The molecule has 2 atom stereocenters. The molecule has 4 nitrogen and oxygen atoms in total. The summed E-state index contributed by atoms with van der Waals surface area (Å²) in [5, 5.41) is 3.10. The third-order valence-corrected chi connectivity index (χ3v) is 3.53. The number of rotatable bonds is 2. The Bertz CT molecular complexity index is 328. The van der Waals surface area contributed by atoms with E-state index in [4.69, 9.17) is 10.5 Å². The Balaban J connectivity index is 2.13. The zero-order chi connectivity index (χ0) is 10.8. The summed E-state index contributed by atoms with van der Waals surface area (Å²) in [5.41, 5.74) is 6.53. The Morgan fingerprint density at radius 3 is 3.13 bits per heavy atom. The minimum atomic E-state index is 0.284. The summed E-state index contributed by atoms with van der Waals surface area (Å²) < 4.78 is 5.59. The van der Waals surface area contributed by atoms with Gasteiger partial charge in [0, 0.05) is 18.5 Å². The molecule has 1 aromatic heterocycles. The molecule has 0 bridgehead atoms. The monoisotopic (exact) mass is 227 g/mol. The van der Waals surface area contributed by atoms with Gasteiger partial charge in [-0.05, 0) is 13.8 Å². The summed E-state index contributed by atoms with van der Waals surface area (Å²) in [4.78, 5) is 6.80. The van der Waals surface area contributed by atoms with E-state index in [0.717, 1.165) is 24.0 Å². The first kappa shape index (κ1) is 10.9. The number of morpholine rings is 1. The highest BCUT2D eigenvalue weighted by Crippen LogP contribution is 2.25. The minimum Gasteiger partial charge on any atom is -0.375 e. The smallest absolute Gasteiger partial charge is 0.185 e. The maximum Gasteiger partial charge on any atom is 0.185 e. The van der Waals surface area contributed by atoms with Crippen LogP contribution in [0.4, 0.5) is 5.13 Å². The van der Waals surface area contributed by atoms with Crippen LogP contribution in [0.1, 0.15) is 19.5 Å². The van der Waals surface area contributed by atoms with E-state index in [2.05, 4.69) is 23.7 Å². The van der Waals surface area contributed by atoms with Gasteiger partial charge in [0.25, 0.3) is 0 Å². The first-order valence-electron chi connectivity index (χ1n) is 5.23. The summed E-state index contributed by atoms with van der Waals surface area (Å²) in [7, 11) is 0. The van der Waals surface area contributed by atoms with Crippen LogP contribution in [0.15, 0.2) is 5.38 Å². The average molecular weight is 227 g/mol. The standard InChI is InChI=1S/C10H17N3OS/c1-7-5-14-8(2)4-13(7)10-12-9(3-11)6-15-10/h6-8H,3-5,11H2,1-2H3. The molecule has 1 fully saturated rings. The number of nitrogens with two attached hydrogens (primary N) is 1. The molecule has 0 amide bonds. The van der Waals surface area contributed by atoms with Gasteiger partial charge in [0.2, 0.25) is 0 Å². The third kappa shape index (κ3) is 2.30. The van der Waals surface area contributed by atoms with E-state index in [1.165, 1.54) is 0 Å². The Morgan fingerprint density at radius 2 is 2.47 bits per heavy atom. The van der Waals surface area contributed by atoms with Crippen molar-refractivity contribution in [3.8, 4) is 0 Å². The molecule has 2 unspecified atom stereocenters. The van der Waals surface area contributed by atoms with Crippen LogP contribution < -0.4 is 10.6 Å². The van der Waals surface area contributed by atoms with E-state index in [-0.39, 0.29) is 6.10 Å². The summed E-state index contributed by atoms with van der Waals surface area (Å²) in [6.07, 6.45) is 0.284. The van der Waals surface area contributed by atoms with Crippen molar-refractivity contribution >= 4 is 16.5 Å². The van der Waals surface area contributed by atoms with Crippen LogP contribution in [0.2, 0.25) is 0 Å². The molecule has 1 aliphatic heterocycles. The Labute approximate surface area is 94.1 Å². The fourth-order valence-electron chi connectivity index (χ4n) is 1.69. The van der Waals surface area contributed by atoms with Gasteiger partial charge in [-0.15, -0.1) is 11.3 Å². The van der Waals surface area contributed by atoms with Gasteiger partial charge in [-0.2, -0.15) is 0 Å². The van der Waals surface area contributed by atoms with Gasteiger partial charge in [0.1, 0.15) is 0 Å². The van der Waals surface area contributed by atoms with Crippen molar-refractivity contribution in [3.63, 3.8) is 0 Å². The predicted octanol–water partition coefficient (Wildman–Crippen LogP) is 1.22. The lowest BCUT2D eigenvalue weighted by Crippen LogP contribution is -2.47. The largest absolute Gasteiger partial charge is 0.375 e. The number of anilines is 1. The molecular formula is C10H17N3OS. The first-order chi connectivity index (χ1) is 7.20. The molecule has 5 heteroatoms. The second-order valence-corrected chi connectivity index (χ2v) is 4.81.